The Hall–Kier alpha value is -2.43. The van der Waals surface area contributed by atoms with Crippen LogP contribution >= 0.6 is 0 Å². The summed E-state index contributed by atoms with van der Waals surface area (Å²) in [6, 6.07) is 4.07. The lowest BCUT2D eigenvalue weighted by atomic mass is 9.75. The fraction of sp³-hybridized carbons (Fsp3) is 0.667. The van der Waals surface area contributed by atoms with Crippen molar-refractivity contribution in [1.29, 1.82) is 0 Å². The Balaban J connectivity index is 0.000000370. The number of alkyl halides is 3. The lowest BCUT2D eigenvalue weighted by molar-refractivity contribution is -0.192. The Morgan fingerprint density at radius 2 is 2.00 bits per heavy atom. The van der Waals surface area contributed by atoms with E-state index in [-0.39, 0.29) is 18.1 Å². The number of nitrogens with one attached hydrogen (secondary N) is 1. The smallest absolute Gasteiger partial charge is 0.475 e. The van der Waals surface area contributed by atoms with Gasteiger partial charge in [0.25, 0.3) is 0 Å². The van der Waals surface area contributed by atoms with Crippen LogP contribution in [-0.2, 0) is 14.3 Å². The van der Waals surface area contributed by atoms with E-state index in [0.717, 1.165) is 30.9 Å². The molecular weight excluding hydrogens is 393 g/mol. The normalized spacial score (nSPS) is 23.8. The second kappa shape index (κ2) is 8.93. The van der Waals surface area contributed by atoms with Crippen molar-refractivity contribution in [2.45, 2.75) is 51.9 Å². The summed E-state index contributed by atoms with van der Waals surface area (Å²) in [6.45, 7) is 8.05. The number of rotatable bonds is 3. The number of aryl methyl sites for hydroxylation is 1. The number of halogens is 3. The van der Waals surface area contributed by atoms with Crippen LogP contribution in [0, 0.1) is 12.3 Å². The van der Waals surface area contributed by atoms with Crippen LogP contribution in [0.5, 0.6) is 0 Å². The number of nitrogens with zero attached hydrogens (tertiary/aromatic N) is 3. The zero-order chi connectivity index (χ0) is 21.8. The van der Waals surface area contributed by atoms with Crippen LogP contribution in [0.15, 0.2) is 12.1 Å². The summed E-state index contributed by atoms with van der Waals surface area (Å²) in [7, 11) is 0. The summed E-state index contributed by atoms with van der Waals surface area (Å²) < 4.78 is 37.6. The molecule has 1 aromatic rings. The third-order valence-corrected chi connectivity index (χ3v) is 4.84. The highest BCUT2D eigenvalue weighted by Gasteiger charge is 2.53. The molecule has 2 atom stereocenters. The van der Waals surface area contributed by atoms with Gasteiger partial charge in [-0.25, -0.2) is 4.79 Å². The highest BCUT2D eigenvalue weighted by molar-refractivity contribution is 5.85. The van der Waals surface area contributed by atoms with Crippen LogP contribution in [0.2, 0.25) is 0 Å². The van der Waals surface area contributed by atoms with Crippen molar-refractivity contribution < 1.29 is 32.6 Å². The van der Waals surface area contributed by atoms with Crippen LogP contribution in [0.4, 0.5) is 19.0 Å². The van der Waals surface area contributed by atoms with Gasteiger partial charge in [-0.15, -0.1) is 5.10 Å². The minimum atomic E-state index is -5.08. The van der Waals surface area contributed by atoms with Gasteiger partial charge in [-0.1, -0.05) is 0 Å². The second-order valence-electron chi connectivity index (χ2n) is 7.44. The van der Waals surface area contributed by atoms with Gasteiger partial charge in [-0.2, -0.15) is 18.3 Å². The zero-order valence-electron chi connectivity index (χ0n) is 16.5. The molecular formula is C18H25F3N4O4. The second-order valence-corrected chi connectivity index (χ2v) is 7.44. The number of carbonyl (C=O) groups excluding carboxylic acids is 1. The van der Waals surface area contributed by atoms with Crippen molar-refractivity contribution in [1.82, 2.24) is 15.5 Å². The maximum absolute atomic E-state index is 12.8. The fourth-order valence-corrected chi connectivity index (χ4v) is 3.43. The van der Waals surface area contributed by atoms with E-state index in [9.17, 15) is 18.0 Å². The van der Waals surface area contributed by atoms with E-state index < -0.39 is 17.6 Å². The maximum Gasteiger partial charge on any atom is 0.490 e. The summed E-state index contributed by atoms with van der Waals surface area (Å²) in [4.78, 5) is 23.8. The van der Waals surface area contributed by atoms with Crippen molar-refractivity contribution in [3.8, 4) is 0 Å². The first-order valence-electron chi connectivity index (χ1n) is 9.23. The molecule has 2 aliphatic rings. The zero-order valence-corrected chi connectivity index (χ0v) is 16.5. The fourth-order valence-electron chi connectivity index (χ4n) is 3.43. The highest BCUT2D eigenvalue weighted by Crippen LogP contribution is 2.42. The van der Waals surface area contributed by atoms with Gasteiger partial charge in [0.15, 0.2) is 5.82 Å². The van der Waals surface area contributed by atoms with E-state index in [0.29, 0.717) is 13.2 Å². The summed E-state index contributed by atoms with van der Waals surface area (Å²) in [6.07, 6.45) is -3.45. The number of carboxylic acid groups (broad SMARTS) is 1. The van der Waals surface area contributed by atoms with Crippen molar-refractivity contribution in [3.05, 3.63) is 17.8 Å². The Morgan fingerprint density at radius 1 is 1.34 bits per heavy atom. The topological polar surface area (TPSA) is 105 Å². The molecule has 0 unspecified atom stereocenters. The summed E-state index contributed by atoms with van der Waals surface area (Å²) in [5, 5.41) is 18.6. The largest absolute Gasteiger partial charge is 0.490 e. The van der Waals surface area contributed by atoms with Crippen LogP contribution in [0.25, 0.3) is 0 Å². The molecule has 8 nitrogen and oxygen atoms in total. The average molecular weight is 418 g/mol. The van der Waals surface area contributed by atoms with E-state index in [2.05, 4.69) is 20.4 Å². The molecule has 3 heterocycles. The van der Waals surface area contributed by atoms with E-state index in [4.69, 9.17) is 14.6 Å². The van der Waals surface area contributed by atoms with Gasteiger partial charge in [0.05, 0.1) is 17.2 Å². The van der Waals surface area contributed by atoms with Gasteiger partial charge >= 0.3 is 12.1 Å². The van der Waals surface area contributed by atoms with E-state index >= 15 is 0 Å². The van der Waals surface area contributed by atoms with Crippen molar-refractivity contribution in [3.63, 3.8) is 0 Å². The van der Waals surface area contributed by atoms with Crippen LogP contribution < -0.4 is 10.2 Å². The molecule has 0 spiro atoms. The average Bonchev–Trinajstić information content (AvgIpc) is 3.06. The highest BCUT2D eigenvalue weighted by atomic mass is 19.4. The first-order valence-corrected chi connectivity index (χ1v) is 9.23. The van der Waals surface area contributed by atoms with Gasteiger partial charge in [0, 0.05) is 25.7 Å². The molecule has 2 saturated heterocycles. The monoisotopic (exact) mass is 418 g/mol. The molecule has 3 rings (SSSR count). The molecule has 29 heavy (non-hydrogen) atoms. The van der Waals surface area contributed by atoms with E-state index in [1.54, 1.807) is 0 Å². The Kier molecular flexibility index (Phi) is 7.04. The number of amides is 1. The van der Waals surface area contributed by atoms with Gasteiger partial charge in [0.2, 0.25) is 5.91 Å². The molecule has 162 valence electrons. The number of ether oxygens (including phenoxy) is 1. The number of aromatic nitrogens is 2. The van der Waals surface area contributed by atoms with Crippen molar-refractivity contribution in [2.75, 3.05) is 24.6 Å². The van der Waals surface area contributed by atoms with Gasteiger partial charge in [-0.3, -0.25) is 4.79 Å². The maximum atomic E-state index is 12.8. The summed E-state index contributed by atoms with van der Waals surface area (Å²) in [5.41, 5.74) is 0.435. The van der Waals surface area contributed by atoms with Gasteiger partial charge in [0.1, 0.15) is 0 Å². The number of aliphatic carboxylic acids is 1. The molecule has 0 saturated carbocycles. The van der Waals surface area contributed by atoms with Crippen molar-refractivity contribution >= 4 is 17.7 Å². The predicted octanol–water partition coefficient (Wildman–Crippen LogP) is 1.93. The third-order valence-electron chi connectivity index (χ3n) is 4.84. The number of hydrogen-bond donors (Lipinski definition) is 2. The Bertz CT molecular complexity index is 727. The summed E-state index contributed by atoms with van der Waals surface area (Å²) in [5.74, 6) is -1.81. The number of piperidine rings is 1. The number of anilines is 1. The summed E-state index contributed by atoms with van der Waals surface area (Å²) >= 11 is 0. The molecule has 1 amide bonds. The predicted molar refractivity (Wildman–Crippen MR) is 97.4 cm³/mol. The minimum absolute atomic E-state index is 0.0147. The molecule has 2 aliphatic heterocycles. The first-order chi connectivity index (χ1) is 13.5. The Labute approximate surface area is 166 Å². The Morgan fingerprint density at radius 3 is 2.52 bits per heavy atom. The van der Waals surface area contributed by atoms with Crippen LogP contribution in [0.1, 0.15) is 32.4 Å². The van der Waals surface area contributed by atoms with E-state index in [1.807, 2.05) is 32.9 Å². The van der Waals surface area contributed by atoms with Crippen LogP contribution in [0.3, 0.4) is 0 Å². The van der Waals surface area contributed by atoms with Gasteiger partial charge in [-0.05, 0) is 45.7 Å². The molecule has 11 heteroatoms. The third kappa shape index (κ3) is 5.55. The number of carbonyl (C=O) groups is 2. The van der Waals surface area contributed by atoms with E-state index in [1.165, 1.54) is 0 Å². The first kappa shape index (κ1) is 22.9. The van der Waals surface area contributed by atoms with Crippen LogP contribution in [-0.4, -0.2) is 65.2 Å². The number of carboxylic acids is 1. The quantitative estimate of drug-likeness (QED) is 0.773. The molecule has 2 fully saturated rings. The molecule has 2 N–H and O–H groups in total. The molecule has 1 aromatic heterocycles. The SMILES string of the molecule is Cc1ccc(N2CC[C@H]3OCC[C@@]3(C(=O)NC(C)C)C2)nn1.O=C(O)C(F)(F)F. The van der Waals surface area contributed by atoms with Gasteiger partial charge < -0.3 is 20.1 Å². The number of hydrogen-bond acceptors (Lipinski definition) is 6. The van der Waals surface area contributed by atoms with Crippen molar-refractivity contribution in [2.24, 2.45) is 5.41 Å². The number of fused-ring (bicyclic) bond motifs is 1. The molecule has 0 aliphatic carbocycles. The standard InChI is InChI=1S/C16H24N4O2.C2HF3O2/c1-11(2)17-15(21)16-7-9-22-13(16)6-8-20(10-16)14-5-4-12(3)18-19-14;3-2(4,5)1(6)7/h4-5,11,13H,6-10H2,1-3H3,(H,17,21);(H,6,7)/t13-,16-;/m1./s1. The lowest BCUT2D eigenvalue weighted by Crippen LogP contribution is -2.58. The molecule has 0 aromatic carbocycles. The minimum Gasteiger partial charge on any atom is -0.475 e. The lowest BCUT2D eigenvalue weighted by Gasteiger charge is -2.43. The molecule has 0 bridgehead atoms. The molecule has 0 radical (unpaired) electrons.